The number of aromatic hydroxyl groups is 2. The van der Waals surface area contributed by atoms with Crippen LogP contribution in [0.2, 0.25) is 5.15 Å². The van der Waals surface area contributed by atoms with Gasteiger partial charge in [0.1, 0.15) is 28.3 Å². The van der Waals surface area contributed by atoms with Gasteiger partial charge in [0, 0.05) is 48.4 Å². The first-order chi connectivity index (χ1) is 24.6. The van der Waals surface area contributed by atoms with Crippen molar-refractivity contribution >= 4 is 47.6 Å². The largest absolute Gasteiger partial charge is 0.508 e. The average Bonchev–Trinajstić information content (AvgIpc) is 3.59. The number of hydrogen-bond acceptors (Lipinski definition) is 12. The maximum absolute atomic E-state index is 11.4. The molecular weight excluding hydrogens is 691 g/mol. The number of carbonyl (C=O) groups excluding carboxylic acids is 2. The Balaban J connectivity index is 0.000000190. The lowest BCUT2D eigenvalue weighted by atomic mass is 9.80. The van der Waals surface area contributed by atoms with Crippen LogP contribution in [-0.4, -0.2) is 78.7 Å². The highest BCUT2D eigenvalue weighted by Crippen LogP contribution is 2.29. The van der Waals surface area contributed by atoms with Crippen molar-refractivity contribution < 1.29 is 29.9 Å². The zero-order chi connectivity index (χ0) is 38.1. The molecule has 6 aromatic rings. The van der Waals surface area contributed by atoms with Gasteiger partial charge in [0.05, 0.1) is 17.1 Å². The molecule has 2 aromatic carbocycles. The number of phenols is 2. The first kappa shape index (κ1) is 38.6. The highest BCUT2D eigenvalue weighted by atomic mass is 35.5. The van der Waals surface area contributed by atoms with Crippen molar-refractivity contribution in [3.63, 3.8) is 0 Å². The van der Waals surface area contributed by atoms with E-state index in [0.29, 0.717) is 34.8 Å². The molecule has 0 saturated heterocycles. The van der Waals surface area contributed by atoms with Gasteiger partial charge in [0.2, 0.25) is 11.8 Å². The highest BCUT2D eigenvalue weighted by molar-refractivity contribution is 6.59. The number of phenolic OH excluding ortho intramolecular Hbond substituents is 2. The molecule has 0 unspecified atom stereocenters. The van der Waals surface area contributed by atoms with Crippen molar-refractivity contribution in [1.29, 1.82) is 0 Å². The lowest BCUT2D eigenvalue weighted by molar-refractivity contribution is -0.115. The predicted molar refractivity (Wildman–Crippen MR) is 196 cm³/mol. The van der Waals surface area contributed by atoms with Gasteiger partial charge < -0.3 is 30.9 Å². The number of rotatable bonds is 6. The third-order valence-corrected chi connectivity index (χ3v) is 6.99. The summed E-state index contributed by atoms with van der Waals surface area (Å²) in [6.07, 6.45) is 0. The number of nitrogens with one attached hydrogen (secondary N) is 2. The maximum Gasteiger partial charge on any atom is 0.492 e. The predicted octanol–water partition coefficient (Wildman–Crippen LogP) is 3.57. The molecule has 0 aliphatic carbocycles. The van der Waals surface area contributed by atoms with Gasteiger partial charge in [0.15, 0.2) is 0 Å². The number of anilines is 2. The summed E-state index contributed by atoms with van der Waals surface area (Å²) in [5.74, 6) is 0.896. The standard InChI is InChI=1S/C17H17N5O2.C11H12ClN5O.C6H7BO3/c1-10-8-11(2)22(21-10)17-19-14(9-16(20-17)18-12(3)23)13-6-4-5-7-15(13)24;1-6-4-7(2)17(16-6)11-14-9(12)5-10(15-11)13-8(3)18;8-6-4-2-1-3-5(6)7(9)10/h4-9,24H,1-3H3,(H,18,19,20,23);4-5H,1-3H3,(H,13,14,15,18);1-4,8-10H. The van der Waals surface area contributed by atoms with E-state index in [0.717, 1.165) is 22.8 Å². The van der Waals surface area contributed by atoms with E-state index in [1.807, 2.05) is 39.8 Å². The average molecular weight is 727 g/mol. The van der Waals surface area contributed by atoms with Crippen LogP contribution in [0.5, 0.6) is 11.5 Å². The quantitative estimate of drug-likeness (QED) is 0.107. The molecule has 4 heterocycles. The molecule has 268 valence electrons. The minimum Gasteiger partial charge on any atom is -0.508 e. The highest BCUT2D eigenvalue weighted by Gasteiger charge is 2.15. The summed E-state index contributed by atoms with van der Waals surface area (Å²) in [4.78, 5) is 39.5. The third kappa shape index (κ3) is 10.4. The zero-order valence-electron chi connectivity index (χ0n) is 29.1. The summed E-state index contributed by atoms with van der Waals surface area (Å²) in [6.45, 7) is 10.4. The zero-order valence-corrected chi connectivity index (χ0v) is 29.8. The van der Waals surface area contributed by atoms with Crippen LogP contribution in [0, 0.1) is 27.7 Å². The molecule has 0 atom stereocenters. The Bertz CT molecular complexity index is 2210. The molecule has 0 spiro atoms. The molecule has 0 saturated carbocycles. The molecular formula is C34H36BClN10O6. The summed E-state index contributed by atoms with van der Waals surface area (Å²) in [7, 11) is -1.60. The molecule has 0 fully saturated rings. The Morgan fingerprint density at radius 1 is 0.673 bits per heavy atom. The fraction of sp³-hybridized carbons (Fsp3) is 0.176. The van der Waals surface area contributed by atoms with E-state index in [2.05, 4.69) is 40.8 Å². The Kier molecular flexibility index (Phi) is 12.8. The second-order valence-corrected chi connectivity index (χ2v) is 11.7. The Labute approximate surface area is 304 Å². The molecule has 16 nitrogen and oxygen atoms in total. The number of amides is 2. The molecule has 6 rings (SSSR count). The van der Waals surface area contributed by atoms with Crippen LogP contribution in [-0.2, 0) is 9.59 Å². The van der Waals surface area contributed by atoms with E-state index in [1.54, 1.807) is 51.8 Å². The number of halogens is 1. The van der Waals surface area contributed by atoms with Crippen LogP contribution in [0.25, 0.3) is 23.2 Å². The van der Waals surface area contributed by atoms with Gasteiger partial charge in [-0.15, -0.1) is 0 Å². The normalized spacial score (nSPS) is 10.3. The van der Waals surface area contributed by atoms with Crippen molar-refractivity contribution in [3.8, 4) is 34.7 Å². The smallest absolute Gasteiger partial charge is 0.492 e. The number of para-hydroxylation sites is 2. The van der Waals surface area contributed by atoms with Crippen LogP contribution in [0.1, 0.15) is 36.6 Å². The van der Waals surface area contributed by atoms with Crippen molar-refractivity contribution in [2.75, 3.05) is 10.6 Å². The van der Waals surface area contributed by atoms with Gasteiger partial charge >= 0.3 is 7.12 Å². The summed E-state index contributed by atoms with van der Waals surface area (Å²) in [6, 6.07) is 19.9. The Morgan fingerprint density at radius 3 is 1.60 bits per heavy atom. The third-order valence-electron chi connectivity index (χ3n) is 6.80. The van der Waals surface area contributed by atoms with Gasteiger partial charge in [-0.25, -0.2) is 14.3 Å². The van der Waals surface area contributed by atoms with Crippen LogP contribution >= 0.6 is 11.6 Å². The lowest BCUT2D eigenvalue weighted by Gasteiger charge is -2.10. The molecule has 0 bridgehead atoms. The van der Waals surface area contributed by atoms with Crippen LogP contribution < -0.4 is 16.1 Å². The fourth-order valence-corrected chi connectivity index (χ4v) is 4.89. The fourth-order valence-electron chi connectivity index (χ4n) is 4.72. The van der Waals surface area contributed by atoms with Gasteiger partial charge in [-0.05, 0) is 58.0 Å². The topological polar surface area (TPSA) is 226 Å². The lowest BCUT2D eigenvalue weighted by Crippen LogP contribution is -2.29. The van der Waals surface area contributed by atoms with Crippen molar-refractivity contribution in [2.45, 2.75) is 41.5 Å². The van der Waals surface area contributed by atoms with E-state index in [9.17, 15) is 14.7 Å². The Morgan fingerprint density at radius 2 is 1.15 bits per heavy atom. The number of carbonyl (C=O) groups is 2. The van der Waals surface area contributed by atoms with Gasteiger partial charge in [-0.1, -0.05) is 41.9 Å². The summed E-state index contributed by atoms with van der Waals surface area (Å²) in [5, 5.41) is 50.4. The molecule has 0 radical (unpaired) electrons. The molecule has 0 aliphatic heterocycles. The molecule has 18 heteroatoms. The second-order valence-electron chi connectivity index (χ2n) is 11.3. The van der Waals surface area contributed by atoms with E-state index in [4.69, 9.17) is 26.8 Å². The molecule has 2 amide bonds. The van der Waals surface area contributed by atoms with Crippen molar-refractivity contribution in [2.24, 2.45) is 0 Å². The van der Waals surface area contributed by atoms with Crippen LogP contribution in [0.4, 0.5) is 11.6 Å². The van der Waals surface area contributed by atoms with Crippen LogP contribution in [0.3, 0.4) is 0 Å². The molecule has 6 N–H and O–H groups in total. The van der Waals surface area contributed by atoms with E-state index >= 15 is 0 Å². The number of aromatic nitrogens is 8. The van der Waals surface area contributed by atoms with Gasteiger partial charge in [0.25, 0.3) is 11.9 Å². The Hall–Kier alpha value is -6.17. The number of nitrogens with zero attached hydrogens (tertiary/aromatic N) is 8. The van der Waals surface area contributed by atoms with E-state index < -0.39 is 7.12 Å². The summed E-state index contributed by atoms with van der Waals surface area (Å²) < 4.78 is 3.18. The summed E-state index contributed by atoms with van der Waals surface area (Å²) in [5.41, 5.74) is 4.63. The number of benzene rings is 2. The van der Waals surface area contributed by atoms with Crippen LogP contribution in [0.15, 0.2) is 72.8 Å². The minimum atomic E-state index is -1.60. The van der Waals surface area contributed by atoms with Crippen molar-refractivity contribution in [3.05, 3.63) is 101 Å². The number of hydrogen-bond donors (Lipinski definition) is 6. The molecule has 4 aromatic heterocycles. The molecule has 0 aliphatic rings. The molecule has 52 heavy (non-hydrogen) atoms. The first-order valence-corrected chi connectivity index (χ1v) is 16.0. The van der Waals surface area contributed by atoms with Crippen molar-refractivity contribution in [1.82, 2.24) is 39.5 Å². The second kappa shape index (κ2) is 17.2. The monoisotopic (exact) mass is 726 g/mol. The summed E-state index contributed by atoms with van der Waals surface area (Å²) >= 11 is 5.90. The van der Waals surface area contributed by atoms with E-state index in [-0.39, 0.29) is 33.9 Å². The SMILES string of the molecule is CC(=O)Nc1cc(-c2ccccc2O)nc(-n2nc(C)cc2C)n1.CC(=O)Nc1cc(Cl)nc(-n2nc(C)cc2C)n1.OB(O)c1ccccc1O. The van der Waals surface area contributed by atoms with Gasteiger partial charge in [-0.3, -0.25) is 9.59 Å². The maximum atomic E-state index is 11.4. The van der Waals surface area contributed by atoms with Gasteiger partial charge in [-0.2, -0.15) is 25.1 Å². The first-order valence-electron chi connectivity index (χ1n) is 15.6. The van der Waals surface area contributed by atoms with E-state index in [1.165, 1.54) is 32.0 Å². The number of aryl methyl sites for hydroxylation is 4. The minimum absolute atomic E-state index is 0.0995.